The first-order chi connectivity index (χ1) is 30.4. The normalized spacial score (nSPS) is 22.1. The Bertz CT molecular complexity index is 1290. The van der Waals surface area contributed by atoms with Crippen LogP contribution in [0.3, 0.4) is 0 Å². The minimum Gasteiger partial charge on any atom is -0.462 e. The molecule has 1 saturated carbocycles. The lowest BCUT2D eigenvalue weighted by atomic mass is 9.85. The first kappa shape index (κ1) is 58.8. The molecule has 0 radical (unpaired) electrons. The van der Waals surface area contributed by atoms with Crippen LogP contribution in [0.25, 0.3) is 0 Å². The van der Waals surface area contributed by atoms with Crippen molar-refractivity contribution >= 4 is 19.8 Å². The average molecular weight is 915 g/mol. The Labute approximate surface area is 380 Å². The van der Waals surface area contributed by atoms with E-state index in [1.807, 2.05) is 0 Å². The molecule has 0 aliphatic heterocycles. The quantitative estimate of drug-likeness (QED) is 0.0147. The number of phosphoric ester groups is 1. The average Bonchev–Trinajstić information content (AvgIpc) is 3.26. The number of esters is 2. The van der Waals surface area contributed by atoms with Gasteiger partial charge < -0.3 is 39.9 Å². The van der Waals surface area contributed by atoms with Crippen molar-refractivity contribution in [3.63, 3.8) is 0 Å². The lowest BCUT2D eigenvalue weighted by Crippen LogP contribution is -2.64. The standard InChI is InChI=1S/C49H87O13P/c1-3-5-7-9-11-13-15-17-19-21-23-25-27-29-31-33-35-37-42(50)59-39-41(40-60-63(57,58)62-49-47(55)45(53)44(52)46(54)48(49)56)61-43(51)38-36-34-32-30-28-26-24-22-20-18-16-14-12-10-8-6-4-2/h12,14,17-20,24,26,41,44-49,52-56H,3-11,13,15-16,21-23,25,27-40H2,1-2H3,(H,57,58)/b14-12-,19-17-,20-18-,26-24-/t41-,44?,45-,46?,47?,48?,49?/m1/s1. The summed E-state index contributed by atoms with van der Waals surface area (Å²) < 4.78 is 33.6. The molecule has 0 aromatic rings. The molecule has 14 heteroatoms. The molecule has 6 unspecified atom stereocenters. The fraction of sp³-hybridized carbons (Fsp3) is 0.796. The SMILES string of the molecule is CCCCC/C=C\C/C=C\C/C=C\CCCCCCC(=O)O[C@H](COC(=O)CCCCCCCCC/C=C\CCCCCCCC)COP(=O)(O)OC1C(O)C(O)C(O)[C@@H](O)C1O. The van der Waals surface area contributed by atoms with Crippen molar-refractivity contribution in [2.24, 2.45) is 0 Å². The van der Waals surface area contributed by atoms with E-state index in [4.69, 9.17) is 18.5 Å². The van der Waals surface area contributed by atoms with Crippen LogP contribution in [0.4, 0.5) is 0 Å². The van der Waals surface area contributed by atoms with Crippen LogP contribution in [0, 0.1) is 0 Å². The van der Waals surface area contributed by atoms with E-state index < -0.39 is 75.7 Å². The molecule has 6 N–H and O–H groups in total. The highest BCUT2D eigenvalue weighted by molar-refractivity contribution is 7.47. The number of phosphoric acid groups is 1. The smallest absolute Gasteiger partial charge is 0.462 e. The van der Waals surface area contributed by atoms with E-state index in [0.29, 0.717) is 12.8 Å². The molecule has 1 fully saturated rings. The van der Waals surface area contributed by atoms with Gasteiger partial charge in [0.2, 0.25) is 0 Å². The van der Waals surface area contributed by atoms with Gasteiger partial charge in [-0.1, -0.05) is 152 Å². The number of unbranched alkanes of at least 4 members (excludes halogenated alkanes) is 20. The highest BCUT2D eigenvalue weighted by Crippen LogP contribution is 2.47. The number of rotatable bonds is 40. The molecule has 63 heavy (non-hydrogen) atoms. The second kappa shape index (κ2) is 39.0. The number of ether oxygens (including phenoxy) is 2. The van der Waals surface area contributed by atoms with Gasteiger partial charge in [0.15, 0.2) is 6.10 Å². The molecule has 0 bridgehead atoms. The number of hydrogen-bond acceptors (Lipinski definition) is 12. The summed E-state index contributed by atoms with van der Waals surface area (Å²) in [6.07, 6.45) is 33.0. The van der Waals surface area contributed by atoms with Crippen LogP contribution in [0.15, 0.2) is 48.6 Å². The molecule has 366 valence electrons. The molecule has 0 aromatic heterocycles. The Balaban J connectivity index is 2.46. The third-order valence-corrected chi connectivity index (χ3v) is 12.1. The Morgan fingerprint density at radius 3 is 1.35 bits per heavy atom. The van der Waals surface area contributed by atoms with E-state index in [1.165, 1.54) is 77.0 Å². The molecule has 13 nitrogen and oxygen atoms in total. The Morgan fingerprint density at radius 2 is 0.857 bits per heavy atom. The summed E-state index contributed by atoms with van der Waals surface area (Å²) >= 11 is 0. The van der Waals surface area contributed by atoms with E-state index in [-0.39, 0.29) is 12.8 Å². The number of hydrogen-bond donors (Lipinski definition) is 6. The zero-order valence-electron chi connectivity index (χ0n) is 38.9. The molecule has 0 heterocycles. The van der Waals surface area contributed by atoms with Crippen molar-refractivity contribution in [1.29, 1.82) is 0 Å². The molecular weight excluding hydrogens is 828 g/mol. The van der Waals surface area contributed by atoms with Crippen molar-refractivity contribution in [2.45, 2.75) is 236 Å². The third kappa shape index (κ3) is 31.4. The monoisotopic (exact) mass is 915 g/mol. The van der Waals surface area contributed by atoms with Gasteiger partial charge in [0.1, 0.15) is 43.2 Å². The van der Waals surface area contributed by atoms with Crippen molar-refractivity contribution in [1.82, 2.24) is 0 Å². The first-order valence-corrected chi connectivity index (χ1v) is 25.9. The van der Waals surface area contributed by atoms with Gasteiger partial charge in [-0.15, -0.1) is 0 Å². The van der Waals surface area contributed by atoms with Gasteiger partial charge in [-0.3, -0.25) is 18.6 Å². The fourth-order valence-corrected chi connectivity index (χ4v) is 8.14. The van der Waals surface area contributed by atoms with Crippen LogP contribution < -0.4 is 0 Å². The zero-order valence-corrected chi connectivity index (χ0v) is 39.8. The van der Waals surface area contributed by atoms with Gasteiger partial charge in [-0.05, 0) is 77.0 Å². The Hall–Kier alpha value is -2.19. The number of carbonyl (C=O) groups is 2. The lowest BCUT2D eigenvalue weighted by Gasteiger charge is -2.41. The Kier molecular flexibility index (Phi) is 36.4. The van der Waals surface area contributed by atoms with E-state index >= 15 is 0 Å². The number of aliphatic hydroxyl groups excluding tert-OH is 5. The summed E-state index contributed by atoms with van der Waals surface area (Å²) in [5, 5.41) is 50.2. The predicted molar refractivity (Wildman–Crippen MR) is 249 cm³/mol. The Morgan fingerprint density at radius 1 is 0.492 bits per heavy atom. The van der Waals surface area contributed by atoms with Gasteiger partial charge in [-0.2, -0.15) is 0 Å². The number of carbonyl (C=O) groups excluding carboxylic acids is 2. The highest BCUT2D eigenvalue weighted by atomic mass is 31.2. The first-order valence-electron chi connectivity index (χ1n) is 24.4. The summed E-state index contributed by atoms with van der Waals surface area (Å²) in [5.74, 6) is -1.13. The van der Waals surface area contributed by atoms with Crippen LogP contribution in [-0.2, 0) is 32.7 Å². The second-order valence-electron chi connectivity index (χ2n) is 17.0. The largest absolute Gasteiger partial charge is 0.472 e. The number of aliphatic hydroxyl groups is 5. The van der Waals surface area contributed by atoms with Gasteiger partial charge in [-0.25, -0.2) is 4.57 Å². The predicted octanol–water partition coefficient (Wildman–Crippen LogP) is 9.95. The van der Waals surface area contributed by atoms with E-state index in [0.717, 1.165) is 77.0 Å². The lowest BCUT2D eigenvalue weighted by molar-refractivity contribution is -0.220. The molecule has 0 spiro atoms. The maximum absolute atomic E-state index is 12.8. The highest BCUT2D eigenvalue weighted by Gasteiger charge is 2.51. The maximum atomic E-state index is 12.8. The molecule has 1 rings (SSSR count). The van der Waals surface area contributed by atoms with E-state index in [9.17, 15) is 44.6 Å². The summed E-state index contributed by atoms with van der Waals surface area (Å²) in [4.78, 5) is 35.8. The van der Waals surface area contributed by atoms with Crippen LogP contribution in [0.2, 0.25) is 0 Å². The van der Waals surface area contributed by atoms with Crippen molar-refractivity contribution in [2.75, 3.05) is 13.2 Å². The van der Waals surface area contributed by atoms with Gasteiger partial charge in [0, 0.05) is 12.8 Å². The zero-order chi connectivity index (χ0) is 46.4. The van der Waals surface area contributed by atoms with Crippen molar-refractivity contribution < 1.29 is 63.1 Å². The summed E-state index contributed by atoms with van der Waals surface area (Å²) in [7, 11) is -5.13. The van der Waals surface area contributed by atoms with Gasteiger partial charge in [0.25, 0.3) is 0 Å². The summed E-state index contributed by atoms with van der Waals surface area (Å²) in [5.41, 5.74) is 0. The van der Waals surface area contributed by atoms with Crippen LogP contribution in [-0.4, -0.2) is 98.3 Å². The minimum absolute atomic E-state index is 0.0694. The number of allylic oxidation sites excluding steroid dienone is 8. The minimum atomic E-state index is -5.13. The van der Waals surface area contributed by atoms with Crippen molar-refractivity contribution in [3.8, 4) is 0 Å². The van der Waals surface area contributed by atoms with Crippen molar-refractivity contribution in [3.05, 3.63) is 48.6 Å². The molecule has 0 aromatic carbocycles. The van der Waals surface area contributed by atoms with E-state index in [1.54, 1.807) is 0 Å². The molecular formula is C49H87O13P. The molecule has 1 aliphatic rings. The molecule has 1 aliphatic carbocycles. The summed E-state index contributed by atoms with van der Waals surface area (Å²) in [6.45, 7) is 3.25. The van der Waals surface area contributed by atoms with Gasteiger partial charge >= 0.3 is 19.8 Å². The van der Waals surface area contributed by atoms with Crippen LogP contribution >= 0.6 is 7.82 Å². The second-order valence-corrected chi connectivity index (χ2v) is 18.4. The van der Waals surface area contributed by atoms with E-state index in [2.05, 4.69) is 62.5 Å². The van der Waals surface area contributed by atoms with Gasteiger partial charge in [0.05, 0.1) is 6.61 Å². The van der Waals surface area contributed by atoms with Crippen LogP contribution in [0.1, 0.15) is 194 Å². The van der Waals surface area contributed by atoms with Crippen LogP contribution in [0.5, 0.6) is 0 Å². The molecule has 8 atom stereocenters. The maximum Gasteiger partial charge on any atom is 0.472 e. The summed E-state index contributed by atoms with van der Waals surface area (Å²) in [6, 6.07) is 0. The molecule has 0 saturated heterocycles. The fourth-order valence-electron chi connectivity index (χ4n) is 7.17. The topological polar surface area (TPSA) is 210 Å². The molecule has 0 amide bonds. The third-order valence-electron chi connectivity index (χ3n) is 11.1.